The Kier molecular flexibility index (Phi) is 6.05. The Balaban J connectivity index is 1.83. The quantitative estimate of drug-likeness (QED) is 0.319. The van der Waals surface area contributed by atoms with Crippen LogP contribution in [-0.2, 0) is 21.7 Å². The van der Waals surface area contributed by atoms with E-state index < -0.39 is 11.2 Å². The molecule has 6 rings (SSSR count). The zero-order chi connectivity index (χ0) is 26.8. The van der Waals surface area contributed by atoms with Crippen LogP contribution in [0.25, 0.3) is 11.6 Å². The van der Waals surface area contributed by atoms with Gasteiger partial charge in [-0.05, 0) is 82.0 Å². The Hall–Kier alpha value is -2.75. The Labute approximate surface area is 223 Å². The van der Waals surface area contributed by atoms with Crippen LogP contribution in [0.4, 0.5) is 0 Å². The summed E-state index contributed by atoms with van der Waals surface area (Å²) < 4.78 is 2.26. The van der Waals surface area contributed by atoms with Crippen molar-refractivity contribution in [2.24, 2.45) is 5.41 Å². The zero-order valence-corrected chi connectivity index (χ0v) is 24.0. The minimum Gasteiger partial charge on any atom is -0.220 e. The summed E-state index contributed by atoms with van der Waals surface area (Å²) in [5.41, 5.74) is 8.38. The van der Waals surface area contributed by atoms with Gasteiger partial charge in [0.05, 0.1) is 0 Å². The molecule has 37 heavy (non-hydrogen) atoms. The predicted molar refractivity (Wildman–Crippen MR) is 152 cm³/mol. The highest BCUT2D eigenvalue weighted by Gasteiger charge is 2.54. The Bertz CT molecular complexity index is 1360. The minimum absolute atomic E-state index is 0.0355. The van der Waals surface area contributed by atoms with Gasteiger partial charge in [0.1, 0.15) is 12.1 Å². The molecule has 3 heteroatoms. The highest BCUT2D eigenvalue weighted by Crippen LogP contribution is 2.53. The van der Waals surface area contributed by atoms with Crippen molar-refractivity contribution in [2.45, 2.75) is 91.9 Å². The van der Waals surface area contributed by atoms with Gasteiger partial charge >= 0.3 is 0 Å². The van der Waals surface area contributed by atoms with Crippen LogP contribution in [-0.4, -0.2) is 11.2 Å². The first-order chi connectivity index (χ1) is 17.3. The molecule has 2 aromatic rings. The van der Waals surface area contributed by atoms with Gasteiger partial charge in [-0.1, -0.05) is 72.8 Å². The van der Waals surface area contributed by atoms with Crippen LogP contribution in [0.2, 0.25) is 0 Å². The Morgan fingerprint density at radius 1 is 0.892 bits per heavy atom. The van der Waals surface area contributed by atoms with Gasteiger partial charge in [0.25, 0.3) is 0 Å². The monoisotopic (exact) mass is 496 g/mol. The number of hydrogen-bond donors (Lipinski definition) is 0. The molecule has 0 saturated carbocycles. The molecular formula is C34H42NO2+. The lowest BCUT2D eigenvalue weighted by Crippen LogP contribution is -2.55. The van der Waals surface area contributed by atoms with E-state index in [0.29, 0.717) is 0 Å². The van der Waals surface area contributed by atoms with Crippen LogP contribution < -0.4 is 4.57 Å². The second-order valence-electron chi connectivity index (χ2n) is 13.1. The van der Waals surface area contributed by atoms with E-state index in [0.717, 1.165) is 24.1 Å². The molecule has 2 aliphatic carbocycles. The van der Waals surface area contributed by atoms with E-state index >= 15 is 0 Å². The summed E-state index contributed by atoms with van der Waals surface area (Å²) >= 11 is 0. The molecular weight excluding hydrogens is 454 g/mol. The number of pyridine rings is 1. The van der Waals surface area contributed by atoms with Crippen molar-refractivity contribution in [1.29, 1.82) is 0 Å². The lowest BCUT2D eigenvalue weighted by atomic mass is 9.66. The fraction of sp³-hybridized carbons (Fsp3) is 0.441. The summed E-state index contributed by atoms with van der Waals surface area (Å²) in [6.07, 6.45) is 16.9. The van der Waals surface area contributed by atoms with Crippen LogP contribution in [0, 0.1) is 12.3 Å². The minimum atomic E-state index is -0.678. The van der Waals surface area contributed by atoms with Gasteiger partial charge < -0.3 is 0 Å². The third-order valence-electron chi connectivity index (χ3n) is 8.39. The number of nitrogens with zero attached hydrogens (tertiary/aromatic N) is 1. The summed E-state index contributed by atoms with van der Waals surface area (Å²) in [5.74, 6) is 0. The number of rotatable bonds is 3. The predicted octanol–water partition coefficient (Wildman–Crippen LogP) is 7.82. The number of fused-ring (bicyclic) bond motifs is 3. The molecule has 3 nitrogen and oxygen atoms in total. The van der Waals surface area contributed by atoms with E-state index in [1.165, 1.54) is 33.4 Å². The summed E-state index contributed by atoms with van der Waals surface area (Å²) in [6, 6.07) is 9.25. The summed E-state index contributed by atoms with van der Waals surface area (Å²) in [5, 5.41) is 0. The van der Waals surface area contributed by atoms with Gasteiger partial charge in [-0.15, -0.1) is 0 Å². The second kappa shape index (κ2) is 8.64. The average molecular weight is 497 g/mol. The first-order valence-corrected chi connectivity index (χ1v) is 13.7. The smallest absolute Gasteiger partial charge is 0.169 e. The Morgan fingerprint density at radius 2 is 1.57 bits per heavy atom. The normalized spacial score (nSPS) is 27.2. The van der Waals surface area contributed by atoms with E-state index in [1.807, 2.05) is 0 Å². The molecule has 3 heterocycles. The lowest BCUT2D eigenvalue weighted by molar-refractivity contribution is -0.697. The first-order valence-electron chi connectivity index (χ1n) is 13.7. The maximum Gasteiger partial charge on any atom is 0.169 e. The average Bonchev–Trinajstić information content (AvgIpc) is 2.82. The molecule has 0 saturated heterocycles. The van der Waals surface area contributed by atoms with Crippen molar-refractivity contribution in [3.05, 3.63) is 99.9 Å². The Morgan fingerprint density at radius 3 is 2.19 bits per heavy atom. The van der Waals surface area contributed by atoms with Crippen molar-refractivity contribution in [3.63, 3.8) is 0 Å². The molecule has 0 spiro atoms. The van der Waals surface area contributed by atoms with Crippen LogP contribution in [0.15, 0.2) is 72.1 Å². The summed E-state index contributed by atoms with van der Waals surface area (Å²) in [7, 11) is 0. The third kappa shape index (κ3) is 4.27. The molecule has 194 valence electrons. The number of aromatic nitrogens is 1. The molecule has 1 unspecified atom stereocenters. The number of benzene rings is 1. The highest BCUT2D eigenvalue weighted by atomic mass is 17.2. The molecule has 0 N–H and O–H groups in total. The van der Waals surface area contributed by atoms with Crippen LogP contribution in [0.5, 0.6) is 0 Å². The zero-order valence-electron chi connectivity index (χ0n) is 24.0. The highest BCUT2D eigenvalue weighted by molar-refractivity contribution is 5.86. The fourth-order valence-corrected chi connectivity index (χ4v) is 5.51. The van der Waals surface area contributed by atoms with E-state index in [1.54, 1.807) is 0 Å². The van der Waals surface area contributed by atoms with Crippen LogP contribution in [0.3, 0.4) is 0 Å². The van der Waals surface area contributed by atoms with Gasteiger partial charge in [0.15, 0.2) is 18.0 Å². The first kappa shape index (κ1) is 25.9. The molecule has 2 atom stereocenters. The van der Waals surface area contributed by atoms with Gasteiger partial charge in [0.2, 0.25) is 0 Å². The maximum atomic E-state index is 6.27. The van der Waals surface area contributed by atoms with Crippen molar-refractivity contribution in [2.75, 3.05) is 0 Å². The van der Waals surface area contributed by atoms with Gasteiger partial charge in [0, 0.05) is 24.0 Å². The van der Waals surface area contributed by atoms with Gasteiger partial charge in [-0.2, -0.15) is 0 Å². The maximum absolute atomic E-state index is 6.27. The van der Waals surface area contributed by atoms with Crippen molar-refractivity contribution >= 4 is 11.6 Å². The largest absolute Gasteiger partial charge is 0.220 e. The molecule has 4 aliphatic rings. The molecule has 6 bridgehead atoms. The number of aryl methyl sites for hydroxylation is 1. The fourth-order valence-electron chi connectivity index (χ4n) is 5.51. The SMILES string of the molecule is CCC[n+]1ccc(/C2=C/C3=CC4(C(C)(C)C)C=C(/C=C\c5cc(C(C)(C)C)cc2c5C)[C@@]3(C)OO4)cc1. The lowest BCUT2D eigenvalue weighted by Gasteiger charge is -2.52. The molecule has 1 aromatic carbocycles. The van der Waals surface area contributed by atoms with Crippen molar-refractivity contribution < 1.29 is 14.3 Å². The van der Waals surface area contributed by atoms with Gasteiger partial charge in [-0.3, -0.25) is 0 Å². The van der Waals surface area contributed by atoms with E-state index in [4.69, 9.17) is 9.78 Å². The van der Waals surface area contributed by atoms with Gasteiger partial charge in [-0.25, -0.2) is 14.3 Å². The molecule has 0 fully saturated rings. The molecule has 2 aliphatic heterocycles. The van der Waals surface area contributed by atoms with E-state index in [2.05, 4.69) is 134 Å². The third-order valence-corrected chi connectivity index (χ3v) is 8.39. The molecule has 1 aromatic heterocycles. The van der Waals surface area contributed by atoms with Crippen molar-refractivity contribution in [3.8, 4) is 0 Å². The number of hydrogen-bond acceptors (Lipinski definition) is 2. The van der Waals surface area contributed by atoms with Crippen LogP contribution >= 0.6 is 0 Å². The molecule has 0 amide bonds. The van der Waals surface area contributed by atoms with E-state index in [-0.39, 0.29) is 10.8 Å². The topological polar surface area (TPSA) is 22.3 Å². The molecule has 0 radical (unpaired) electrons. The second-order valence-corrected chi connectivity index (χ2v) is 13.1. The van der Waals surface area contributed by atoms with Crippen molar-refractivity contribution in [1.82, 2.24) is 0 Å². The van der Waals surface area contributed by atoms with Crippen LogP contribution in [0.1, 0.15) is 89.6 Å². The standard InChI is InChI=1S/C34H42NO2/c1-10-15-35-16-13-24(14-17-35)30-20-28-22-34(32(6,7)8)21-26(33(28,9)36-37-34)12-11-25-18-27(31(3,4)5)19-29(30)23(25)2/h11-14,16-22H,10,15H2,1-9H3/q+1/b12-11-,30-20-/t33-,34?/m1/s1. The van der Waals surface area contributed by atoms with E-state index in [9.17, 15) is 0 Å². The summed E-state index contributed by atoms with van der Waals surface area (Å²) in [4.78, 5) is 12.4. The summed E-state index contributed by atoms with van der Waals surface area (Å²) in [6.45, 7) is 21.1.